The molecule has 19 heavy (non-hydrogen) atoms. The molecule has 2 atom stereocenters. The Balaban J connectivity index is 1.97. The van der Waals surface area contributed by atoms with Crippen molar-refractivity contribution in [1.82, 2.24) is 5.32 Å². The highest BCUT2D eigenvalue weighted by atomic mass is 32.2. The minimum absolute atomic E-state index is 0.282. The molecule has 0 spiro atoms. The van der Waals surface area contributed by atoms with Crippen LogP contribution in [0.5, 0.6) is 0 Å². The third-order valence-electron chi connectivity index (χ3n) is 3.85. The minimum atomic E-state index is -2.80. The Bertz CT molecular complexity index is 467. The highest BCUT2D eigenvalue weighted by Gasteiger charge is 2.33. The number of nitrogens with one attached hydrogen (secondary N) is 1. The molecule has 1 aliphatic heterocycles. The van der Waals surface area contributed by atoms with Crippen molar-refractivity contribution < 1.29 is 12.8 Å². The van der Waals surface area contributed by atoms with Crippen LogP contribution < -0.4 is 5.32 Å². The molecule has 4 nitrogen and oxygen atoms in total. The third kappa shape index (κ3) is 4.35. The molecule has 1 N–H and O–H groups in total. The lowest BCUT2D eigenvalue weighted by Crippen LogP contribution is -2.31. The van der Waals surface area contributed by atoms with E-state index < -0.39 is 9.84 Å². The maximum absolute atomic E-state index is 11.6. The van der Waals surface area contributed by atoms with Crippen molar-refractivity contribution in [3.63, 3.8) is 0 Å². The van der Waals surface area contributed by atoms with Gasteiger partial charge in [-0.2, -0.15) is 0 Å². The molecule has 2 heterocycles. The molecule has 2 unspecified atom stereocenters. The lowest BCUT2D eigenvalue weighted by molar-refractivity contribution is 0.343. The second-order valence-electron chi connectivity index (χ2n) is 5.46. The smallest absolute Gasteiger partial charge is 0.150 e. The number of rotatable bonds is 7. The quantitative estimate of drug-likeness (QED) is 0.777. The first-order valence-electron chi connectivity index (χ1n) is 7.03. The molecule has 0 saturated carbocycles. The van der Waals surface area contributed by atoms with Crippen LogP contribution in [0.2, 0.25) is 0 Å². The van der Waals surface area contributed by atoms with E-state index in [-0.39, 0.29) is 5.92 Å². The lowest BCUT2D eigenvalue weighted by Gasteiger charge is -2.22. The van der Waals surface area contributed by atoms with Crippen molar-refractivity contribution >= 4 is 9.84 Å². The van der Waals surface area contributed by atoms with E-state index in [1.54, 1.807) is 12.5 Å². The van der Waals surface area contributed by atoms with Gasteiger partial charge in [0.25, 0.3) is 0 Å². The fraction of sp³-hybridized carbons (Fsp3) is 0.714. The zero-order chi connectivity index (χ0) is 13.7. The fourth-order valence-corrected chi connectivity index (χ4v) is 4.70. The predicted molar refractivity (Wildman–Crippen MR) is 75.8 cm³/mol. The van der Waals surface area contributed by atoms with E-state index in [9.17, 15) is 8.42 Å². The van der Waals surface area contributed by atoms with E-state index in [1.807, 2.05) is 6.07 Å². The summed E-state index contributed by atoms with van der Waals surface area (Å²) in [5, 5.41) is 3.43. The van der Waals surface area contributed by atoms with Crippen LogP contribution in [0, 0.1) is 11.8 Å². The van der Waals surface area contributed by atoms with E-state index in [4.69, 9.17) is 4.42 Å². The molecule has 5 heteroatoms. The van der Waals surface area contributed by atoms with E-state index in [1.165, 1.54) is 0 Å². The molecule has 0 amide bonds. The van der Waals surface area contributed by atoms with Gasteiger partial charge in [-0.15, -0.1) is 0 Å². The Morgan fingerprint density at radius 1 is 1.53 bits per heavy atom. The van der Waals surface area contributed by atoms with Crippen LogP contribution in [0.15, 0.2) is 23.0 Å². The van der Waals surface area contributed by atoms with Crippen molar-refractivity contribution in [2.45, 2.75) is 26.2 Å². The Morgan fingerprint density at radius 2 is 2.37 bits per heavy atom. The number of furan rings is 1. The molecule has 1 aliphatic rings. The van der Waals surface area contributed by atoms with Gasteiger partial charge in [0.15, 0.2) is 9.84 Å². The molecule has 1 fully saturated rings. The molecule has 0 radical (unpaired) electrons. The summed E-state index contributed by atoms with van der Waals surface area (Å²) in [5.74, 6) is 1.36. The Kier molecular flexibility index (Phi) is 5.05. The predicted octanol–water partition coefficient (Wildman–Crippen LogP) is 1.87. The molecule has 1 aromatic rings. The Hall–Kier alpha value is -0.810. The van der Waals surface area contributed by atoms with Crippen molar-refractivity contribution in [3.05, 3.63) is 24.2 Å². The van der Waals surface area contributed by atoms with Crippen molar-refractivity contribution in [2.24, 2.45) is 11.8 Å². The average molecular weight is 285 g/mol. The average Bonchev–Trinajstić information content (AvgIpc) is 2.97. The summed E-state index contributed by atoms with van der Waals surface area (Å²) < 4.78 is 28.4. The van der Waals surface area contributed by atoms with Crippen molar-refractivity contribution in [1.29, 1.82) is 0 Å². The molecule has 0 aliphatic carbocycles. The second kappa shape index (κ2) is 6.57. The SMILES string of the molecule is CCCNCC(Cc1ccoc1)C1CCS(=O)(=O)C1. The summed E-state index contributed by atoms with van der Waals surface area (Å²) in [5.41, 5.74) is 1.16. The molecule has 1 aromatic heterocycles. The first kappa shape index (κ1) is 14.6. The standard InChI is InChI=1S/C14H23NO3S/c1-2-5-15-9-14(8-12-3-6-18-10-12)13-4-7-19(16,17)11-13/h3,6,10,13-15H,2,4-5,7-9,11H2,1H3. The summed E-state index contributed by atoms with van der Waals surface area (Å²) in [6.45, 7) is 4.01. The second-order valence-corrected chi connectivity index (χ2v) is 7.69. The molecule has 0 bridgehead atoms. The summed E-state index contributed by atoms with van der Waals surface area (Å²) in [7, 11) is -2.80. The van der Waals surface area contributed by atoms with Crippen LogP contribution in [0.4, 0.5) is 0 Å². The molecule has 0 aromatic carbocycles. The van der Waals surface area contributed by atoms with Gasteiger partial charge in [0.05, 0.1) is 24.0 Å². The summed E-state index contributed by atoms with van der Waals surface area (Å²) in [6.07, 6.45) is 6.24. The van der Waals surface area contributed by atoms with Gasteiger partial charge in [-0.05, 0) is 55.8 Å². The third-order valence-corrected chi connectivity index (χ3v) is 5.64. The Morgan fingerprint density at radius 3 is 2.95 bits per heavy atom. The summed E-state index contributed by atoms with van der Waals surface area (Å²) in [6, 6.07) is 1.97. The van der Waals surface area contributed by atoms with Gasteiger partial charge in [-0.3, -0.25) is 0 Å². The van der Waals surface area contributed by atoms with E-state index in [2.05, 4.69) is 12.2 Å². The topological polar surface area (TPSA) is 59.3 Å². The van der Waals surface area contributed by atoms with Crippen molar-refractivity contribution in [3.8, 4) is 0 Å². The first-order chi connectivity index (χ1) is 9.11. The lowest BCUT2D eigenvalue weighted by atomic mass is 9.87. The Labute approximate surface area is 115 Å². The van der Waals surface area contributed by atoms with Gasteiger partial charge in [0.1, 0.15) is 0 Å². The van der Waals surface area contributed by atoms with Crippen molar-refractivity contribution in [2.75, 3.05) is 24.6 Å². The van der Waals surface area contributed by atoms with Gasteiger partial charge < -0.3 is 9.73 Å². The molecule has 108 valence electrons. The number of hydrogen-bond donors (Lipinski definition) is 1. The van der Waals surface area contributed by atoms with Gasteiger partial charge in [0.2, 0.25) is 0 Å². The van der Waals surface area contributed by atoms with Crippen LogP contribution >= 0.6 is 0 Å². The minimum Gasteiger partial charge on any atom is -0.472 e. The zero-order valence-corrected chi connectivity index (χ0v) is 12.3. The van der Waals surface area contributed by atoms with Gasteiger partial charge >= 0.3 is 0 Å². The summed E-state index contributed by atoms with van der Waals surface area (Å²) >= 11 is 0. The zero-order valence-electron chi connectivity index (χ0n) is 11.5. The van der Waals surface area contributed by atoms with Crippen LogP contribution in [0.3, 0.4) is 0 Å². The van der Waals surface area contributed by atoms with Gasteiger partial charge in [-0.1, -0.05) is 6.92 Å². The van der Waals surface area contributed by atoms with Crippen LogP contribution in [-0.4, -0.2) is 33.0 Å². The van der Waals surface area contributed by atoms with Gasteiger partial charge in [-0.25, -0.2) is 8.42 Å². The molecular weight excluding hydrogens is 262 g/mol. The first-order valence-corrected chi connectivity index (χ1v) is 8.85. The molecule has 2 rings (SSSR count). The monoisotopic (exact) mass is 285 g/mol. The fourth-order valence-electron chi connectivity index (χ4n) is 2.78. The van der Waals surface area contributed by atoms with E-state index in [0.29, 0.717) is 17.4 Å². The van der Waals surface area contributed by atoms with E-state index >= 15 is 0 Å². The summed E-state index contributed by atoms with van der Waals surface area (Å²) in [4.78, 5) is 0. The van der Waals surface area contributed by atoms with Crippen LogP contribution in [0.1, 0.15) is 25.3 Å². The highest BCUT2D eigenvalue weighted by molar-refractivity contribution is 7.91. The van der Waals surface area contributed by atoms with Gasteiger partial charge in [0, 0.05) is 0 Å². The highest BCUT2D eigenvalue weighted by Crippen LogP contribution is 2.28. The number of hydrogen-bond acceptors (Lipinski definition) is 4. The normalized spacial score (nSPS) is 23.5. The largest absolute Gasteiger partial charge is 0.472 e. The number of sulfone groups is 1. The van der Waals surface area contributed by atoms with E-state index in [0.717, 1.165) is 37.9 Å². The molecule has 1 saturated heterocycles. The van der Waals surface area contributed by atoms with Crippen LogP contribution in [-0.2, 0) is 16.3 Å². The van der Waals surface area contributed by atoms with Crippen LogP contribution in [0.25, 0.3) is 0 Å². The maximum Gasteiger partial charge on any atom is 0.150 e. The molecular formula is C14H23NO3S. The maximum atomic E-state index is 11.6.